The van der Waals surface area contributed by atoms with Crippen LogP contribution in [0.4, 0.5) is 10.1 Å². The Kier molecular flexibility index (Phi) is 3.46. The normalized spacial score (nSPS) is 10.2. The second-order valence-corrected chi connectivity index (χ2v) is 3.56. The van der Waals surface area contributed by atoms with Crippen LogP contribution in [0.25, 0.3) is 0 Å². The number of hydrogen-bond donors (Lipinski definition) is 2. The number of carbonyl (C=O) groups is 2. The highest BCUT2D eigenvalue weighted by Crippen LogP contribution is 2.14. The van der Waals surface area contributed by atoms with Crippen LogP contribution in [0.2, 0.25) is 0 Å². The molecule has 1 amide bonds. The van der Waals surface area contributed by atoms with E-state index in [1.54, 1.807) is 0 Å². The quantitative estimate of drug-likeness (QED) is 0.814. The van der Waals surface area contributed by atoms with Crippen LogP contribution in [0.5, 0.6) is 0 Å². The minimum Gasteiger partial charge on any atom is -0.478 e. The third-order valence-electron chi connectivity index (χ3n) is 2.18. The summed E-state index contributed by atoms with van der Waals surface area (Å²) in [6.45, 7) is -0.130. The maximum Gasteiger partial charge on any atom is 0.338 e. The van der Waals surface area contributed by atoms with Gasteiger partial charge in [-0.1, -0.05) is 0 Å². The van der Waals surface area contributed by atoms with Crippen LogP contribution in [-0.4, -0.2) is 37.2 Å². The Balaban J connectivity index is 2.05. The van der Waals surface area contributed by atoms with Gasteiger partial charge >= 0.3 is 5.97 Å². The number of benzene rings is 1. The van der Waals surface area contributed by atoms with Crippen molar-refractivity contribution in [3.05, 3.63) is 35.9 Å². The molecule has 2 rings (SSSR count). The minimum atomic E-state index is -1.37. The lowest BCUT2D eigenvalue weighted by Gasteiger charge is -2.05. The molecule has 98 valence electrons. The van der Waals surface area contributed by atoms with Crippen molar-refractivity contribution in [3.8, 4) is 0 Å². The van der Waals surface area contributed by atoms with E-state index in [0.717, 1.165) is 12.1 Å². The molecule has 1 aromatic heterocycles. The average Bonchev–Trinajstić information content (AvgIpc) is 2.81. The van der Waals surface area contributed by atoms with Gasteiger partial charge in [0, 0.05) is 5.69 Å². The van der Waals surface area contributed by atoms with Crippen molar-refractivity contribution >= 4 is 17.6 Å². The van der Waals surface area contributed by atoms with E-state index in [-0.39, 0.29) is 12.2 Å². The maximum absolute atomic E-state index is 13.4. The topological polar surface area (TPSA) is 110 Å². The van der Waals surface area contributed by atoms with E-state index in [2.05, 4.69) is 20.8 Å². The van der Waals surface area contributed by atoms with Gasteiger partial charge in [0.25, 0.3) is 0 Å². The average molecular weight is 265 g/mol. The van der Waals surface area contributed by atoms with Crippen LogP contribution < -0.4 is 5.32 Å². The maximum atomic E-state index is 13.4. The summed E-state index contributed by atoms with van der Waals surface area (Å²) in [5, 5.41) is 21.3. The molecule has 0 atom stereocenters. The van der Waals surface area contributed by atoms with Gasteiger partial charge in [0.15, 0.2) is 0 Å². The van der Waals surface area contributed by atoms with Crippen LogP contribution in [0.15, 0.2) is 24.5 Å². The second kappa shape index (κ2) is 5.21. The molecule has 2 N–H and O–H groups in total. The number of carbonyl (C=O) groups excluding carboxylic acids is 1. The Morgan fingerprint density at radius 1 is 1.42 bits per heavy atom. The van der Waals surface area contributed by atoms with Gasteiger partial charge in [-0.15, -0.1) is 5.10 Å². The summed E-state index contributed by atoms with van der Waals surface area (Å²) in [4.78, 5) is 22.2. The number of nitrogens with one attached hydrogen (secondary N) is 1. The van der Waals surface area contributed by atoms with E-state index in [1.807, 2.05) is 0 Å². The van der Waals surface area contributed by atoms with Crippen molar-refractivity contribution in [2.45, 2.75) is 6.54 Å². The Hall–Kier alpha value is -2.84. The first-order valence-corrected chi connectivity index (χ1v) is 5.10. The molecule has 0 aliphatic carbocycles. The van der Waals surface area contributed by atoms with E-state index in [0.29, 0.717) is 0 Å². The molecular formula is C10H8FN5O3. The fourth-order valence-corrected chi connectivity index (χ4v) is 1.37. The first kappa shape index (κ1) is 12.6. The van der Waals surface area contributed by atoms with E-state index in [4.69, 9.17) is 5.11 Å². The number of tetrazole rings is 1. The molecule has 0 unspecified atom stereocenters. The predicted molar refractivity (Wildman–Crippen MR) is 59.8 cm³/mol. The summed E-state index contributed by atoms with van der Waals surface area (Å²) in [5.41, 5.74) is -0.306. The van der Waals surface area contributed by atoms with E-state index < -0.39 is 23.3 Å². The fraction of sp³-hybridized carbons (Fsp3) is 0.100. The van der Waals surface area contributed by atoms with Gasteiger partial charge in [0.2, 0.25) is 5.91 Å². The van der Waals surface area contributed by atoms with Gasteiger partial charge in [-0.25, -0.2) is 13.9 Å². The highest BCUT2D eigenvalue weighted by molar-refractivity contribution is 5.92. The number of rotatable bonds is 4. The molecule has 0 fully saturated rings. The molecule has 0 saturated carbocycles. The molecule has 1 aromatic carbocycles. The molecule has 0 bridgehead atoms. The number of anilines is 1. The molecule has 8 nitrogen and oxygen atoms in total. The zero-order chi connectivity index (χ0) is 13.8. The van der Waals surface area contributed by atoms with Gasteiger partial charge in [0.1, 0.15) is 18.7 Å². The number of nitrogens with zero attached hydrogens (tertiary/aromatic N) is 4. The van der Waals surface area contributed by atoms with Crippen LogP contribution in [0.3, 0.4) is 0 Å². The number of halogens is 1. The zero-order valence-electron chi connectivity index (χ0n) is 9.45. The summed E-state index contributed by atoms with van der Waals surface area (Å²) < 4.78 is 14.6. The van der Waals surface area contributed by atoms with Crippen molar-refractivity contribution < 1.29 is 19.1 Å². The van der Waals surface area contributed by atoms with Crippen LogP contribution >= 0.6 is 0 Å². The van der Waals surface area contributed by atoms with E-state index in [1.165, 1.54) is 17.1 Å². The first-order chi connectivity index (χ1) is 9.06. The van der Waals surface area contributed by atoms with Crippen LogP contribution in [0, 0.1) is 5.82 Å². The lowest BCUT2D eigenvalue weighted by atomic mass is 10.2. The van der Waals surface area contributed by atoms with Gasteiger partial charge in [-0.05, 0) is 28.6 Å². The van der Waals surface area contributed by atoms with Gasteiger partial charge in [-0.2, -0.15) is 0 Å². The van der Waals surface area contributed by atoms with E-state index >= 15 is 0 Å². The van der Waals surface area contributed by atoms with E-state index in [9.17, 15) is 14.0 Å². The number of amides is 1. The summed E-state index contributed by atoms with van der Waals surface area (Å²) >= 11 is 0. The molecule has 0 radical (unpaired) electrons. The molecule has 0 saturated heterocycles. The standard InChI is InChI=1S/C10H8FN5O3/c11-8-3-6(1-2-7(8)10(18)19)13-9(17)4-16-5-12-14-15-16/h1-3,5H,4H2,(H,13,17)(H,18,19). The summed E-state index contributed by atoms with van der Waals surface area (Å²) in [7, 11) is 0. The SMILES string of the molecule is O=C(Cn1cnnn1)Nc1ccc(C(=O)O)c(F)c1. The number of carboxylic acid groups (broad SMARTS) is 1. The number of carboxylic acids is 1. The van der Waals surface area contributed by atoms with Crippen molar-refractivity contribution in [2.75, 3.05) is 5.32 Å². The Labute approximate surface area is 105 Å². The Bertz CT molecular complexity index is 614. The second-order valence-electron chi connectivity index (χ2n) is 3.56. The van der Waals surface area contributed by atoms with Gasteiger partial charge in [0.05, 0.1) is 5.56 Å². The number of hydrogen-bond acceptors (Lipinski definition) is 5. The zero-order valence-corrected chi connectivity index (χ0v) is 9.45. The van der Waals surface area contributed by atoms with Gasteiger partial charge in [-0.3, -0.25) is 4.79 Å². The molecule has 2 aromatic rings. The summed E-state index contributed by atoms with van der Waals surface area (Å²) in [6, 6.07) is 3.30. The lowest BCUT2D eigenvalue weighted by Crippen LogP contribution is -2.19. The molecule has 1 heterocycles. The molecule has 9 heteroatoms. The van der Waals surface area contributed by atoms with Crippen molar-refractivity contribution in [1.29, 1.82) is 0 Å². The largest absolute Gasteiger partial charge is 0.478 e. The smallest absolute Gasteiger partial charge is 0.338 e. The van der Waals surface area contributed by atoms with Crippen molar-refractivity contribution in [3.63, 3.8) is 0 Å². The van der Waals surface area contributed by atoms with Gasteiger partial charge < -0.3 is 10.4 Å². The lowest BCUT2D eigenvalue weighted by molar-refractivity contribution is -0.116. The third kappa shape index (κ3) is 3.09. The Morgan fingerprint density at radius 2 is 2.21 bits per heavy atom. The molecule has 19 heavy (non-hydrogen) atoms. The van der Waals surface area contributed by atoms with Crippen molar-refractivity contribution in [1.82, 2.24) is 20.2 Å². The highest BCUT2D eigenvalue weighted by atomic mass is 19.1. The summed E-state index contributed by atoms with van der Waals surface area (Å²) in [6.07, 6.45) is 1.26. The monoisotopic (exact) mass is 265 g/mol. The molecule has 0 aliphatic heterocycles. The third-order valence-corrected chi connectivity index (χ3v) is 2.18. The predicted octanol–water partition coefficient (Wildman–Crippen LogP) is 0.149. The molecule has 0 aliphatic rings. The number of aromatic carboxylic acids is 1. The first-order valence-electron chi connectivity index (χ1n) is 5.10. The fourth-order valence-electron chi connectivity index (χ4n) is 1.37. The summed E-state index contributed by atoms with van der Waals surface area (Å²) in [5.74, 6) is -2.76. The molecular weight excluding hydrogens is 257 g/mol. The number of aromatic nitrogens is 4. The van der Waals surface area contributed by atoms with Crippen LogP contribution in [0.1, 0.15) is 10.4 Å². The molecule has 0 spiro atoms. The Morgan fingerprint density at radius 3 is 2.79 bits per heavy atom. The van der Waals surface area contributed by atoms with Crippen LogP contribution in [-0.2, 0) is 11.3 Å². The van der Waals surface area contributed by atoms with Crippen molar-refractivity contribution in [2.24, 2.45) is 0 Å². The minimum absolute atomic E-state index is 0.130. The highest BCUT2D eigenvalue weighted by Gasteiger charge is 2.11.